The fourth-order valence-electron chi connectivity index (χ4n) is 7.33. The summed E-state index contributed by atoms with van der Waals surface area (Å²) in [6, 6.07) is 25.8. The SMILES string of the molecule is O=C1c2ccc3c4ccc5c6c(ccc(c7ccc(c2c37)C(=O)N1c1ccc(B(O)O)cc1)c64)C(=O)N(c1ccc(B(O)O)cc1)C5=O. The molecule has 7 aromatic rings. The van der Waals surface area contributed by atoms with Gasteiger partial charge in [0.1, 0.15) is 0 Å². The number of anilines is 2. The molecule has 12 heteroatoms. The van der Waals surface area contributed by atoms with E-state index in [1.54, 1.807) is 24.3 Å². The molecule has 0 saturated carbocycles. The quantitative estimate of drug-likeness (QED) is 0.100. The van der Waals surface area contributed by atoms with Gasteiger partial charge in [-0.3, -0.25) is 19.2 Å². The second-order valence-electron chi connectivity index (χ2n) is 12.0. The lowest BCUT2D eigenvalue weighted by Gasteiger charge is -2.30. The maximum atomic E-state index is 13.9. The van der Waals surface area contributed by atoms with Crippen molar-refractivity contribution in [3.05, 3.63) is 119 Å². The predicted octanol–water partition coefficient (Wildman–Crippen LogP) is 2.70. The molecule has 2 aliphatic rings. The van der Waals surface area contributed by atoms with E-state index in [1.807, 2.05) is 24.3 Å². The number of carbonyl (C=O) groups excluding carboxylic acids is 4. The minimum atomic E-state index is -1.69. The molecule has 0 bridgehead atoms. The Balaban J connectivity index is 1.24. The summed E-state index contributed by atoms with van der Waals surface area (Å²) >= 11 is 0. The second kappa shape index (κ2) is 9.80. The lowest BCUT2D eigenvalue weighted by Crippen LogP contribution is -2.41. The second-order valence-corrected chi connectivity index (χ2v) is 12.0. The number of hydrogen-bond acceptors (Lipinski definition) is 8. The number of carbonyl (C=O) groups is 4. The van der Waals surface area contributed by atoms with Crippen LogP contribution in [0.4, 0.5) is 11.4 Å². The summed E-state index contributed by atoms with van der Waals surface area (Å²) in [5, 5.41) is 43.5. The van der Waals surface area contributed by atoms with Gasteiger partial charge in [-0.05, 0) is 91.8 Å². The van der Waals surface area contributed by atoms with Crippen molar-refractivity contribution < 1.29 is 39.3 Å². The summed E-state index contributed by atoms with van der Waals surface area (Å²) < 4.78 is 0. The summed E-state index contributed by atoms with van der Waals surface area (Å²) in [6.45, 7) is 0. The molecule has 0 spiro atoms. The van der Waals surface area contributed by atoms with E-state index in [9.17, 15) is 39.3 Å². The van der Waals surface area contributed by atoms with E-state index in [2.05, 4.69) is 0 Å². The molecule has 7 aromatic carbocycles. The van der Waals surface area contributed by atoms with Gasteiger partial charge in [0.15, 0.2) is 0 Å². The third-order valence-corrected chi connectivity index (χ3v) is 9.53. The number of rotatable bonds is 4. The van der Waals surface area contributed by atoms with Gasteiger partial charge in [-0.25, -0.2) is 9.80 Å². The Morgan fingerprint density at radius 3 is 0.875 bits per heavy atom. The highest BCUT2D eigenvalue weighted by Crippen LogP contribution is 2.46. The van der Waals surface area contributed by atoms with Gasteiger partial charge in [-0.15, -0.1) is 0 Å². The van der Waals surface area contributed by atoms with Crippen molar-refractivity contribution in [1.82, 2.24) is 0 Å². The van der Waals surface area contributed by atoms with Gasteiger partial charge in [0, 0.05) is 33.0 Å². The smallest absolute Gasteiger partial charge is 0.423 e. The van der Waals surface area contributed by atoms with E-state index >= 15 is 0 Å². The van der Waals surface area contributed by atoms with Crippen molar-refractivity contribution in [2.75, 3.05) is 9.80 Å². The summed E-state index contributed by atoms with van der Waals surface area (Å²) in [4.78, 5) is 57.8. The zero-order valence-electron chi connectivity index (χ0n) is 24.7. The minimum Gasteiger partial charge on any atom is -0.423 e. The van der Waals surface area contributed by atoms with Crippen LogP contribution in [-0.4, -0.2) is 58.0 Å². The Morgan fingerprint density at radius 1 is 0.354 bits per heavy atom. The molecular formula is C36H20B2N2O8. The van der Waals surface area contributed by atoms with Crippen LogP contribution in [-0.2, 0) is 0 Å². The first-order chi connectivity index (χ1) is 23.2. The number of amides is 4. The Labute approximate surface area is 271 Å². The Kier molecular flexibility index (Phi) is 5.78. The lowest BCUT2D eigenvalue weighted by atomic mass is 9.80. The van der Waals surface area contributed by atoms with E-state index in [0.29, 0.717) is 44.4 Å². The molecule has 0 aromatic heterocycles. The number of hydrogen-bond donors (Lipinski definition) is 4. The lowest BCUT2D eigenvalue weighted by molar-refractivity contribution is 0.0877. The topological polar surface area (TPSA) is 156 Å². The van der Waals surface area contributed by atoms with Crippen molar-refractivity contribution >= 4 is 103 Å². The molecule has 0 radical (unpaired) electrons. The fourth-order valence-corrected chi connectivity index (χ4v) is 7.33. The fraction of sp³-hybridized carbons (Fsp3) is 0. The van der Waals surface area contributed by atoms with E-state index in [1.165, 1.54) is 48.5 Å². The average molecular weight is 630 g/mol. The summed E-state index contributed by atoms with van der Waals surface area (Å²) in [7, 11) is -3.37. The van der Waals surface area contributed by atoms with Gasteiger partial charge < -0.3 is 20.1 Å². The highest BCUT2D eigenvalue weighted by molar-refractivity contribution is 6.59. The van der Waals surface area contributed by atoms with Gasteiger partial charge in [-0.1, -0.05) is 48.5 Å². The number of benzene rings is 7. The first-order valence-corrected chi connectivity index (χ1v) is 15.1. The van der Waals surface area contributed by atoms with Crippen molar-refractivity contribution in [2.24, 2.45) is 0 Å². The highest BCUT2D eigenvalue weighted by atomic mass is 16.4. The average Bonchev–Trinajstić information content (AvgIpc) is 3.09. The molecule has 228 valence electrons. The van der Waals surface area contributed by atoms with Crippen LogP contribution in [0.1, 0.15) is 41.4 Å². The van der Waals surface area contributed by atoms with E-state index < -0.39 is 37.9 Å². The minimum absolute atomic E-state index is 0.224. The van der Waals surface area contributed by atoms with Crippen LogP contribution in [0.15, 0.2) is 97.1 Å². The van der Waals surface area contributed by atoms with E-state index in [0.717, 1.165) is 42.1 Å². The van der Waals surface area contributed by atoms with Gasteiger partial charge in [0.05, 0.1) is 11.4 Å². The molecule has 4 amide bonds. The first-order valence-electron chi connectivity index (χ1n) is 15.1. The van der Waals surface area contributed by atoms with Crippen LogP contribution >= 0.6 is 0 Å². The zero-order valence-corrected chi connectivity index (χ0v) is 24.7. The van der Waals surface area contributed by atoms with Gasteiger partial charge in [-0.2, -0.15) is 0 Å². The molecule has 0 aliphatic carbocycles. The molecular weight excluding hydrogens is 610 g/mol. The molecule has 0 fully saturated rings. The van der Waals surface area contributed by atoms with Crippen LogP contribution in [0.5, 0.6) is 0 Å². The van der Waals surface area contributed by atoms with Crippen LogP contribution in [0.2, 0.25) is 0 Å². The Hall–Kier alpha value is -5.91. The molecule has 0 saturated heterocycles. The van der Waals surface area contributed by atoms with Crippen LogP contribution in [0.25, 0.3) is 43.1 Å². The molecule has 10 nitrogen and oxygen atoms in total. The molecule has 0 unspecified atom stereocenters. The third kappa shape index (κ3) is 3.62. The van der Waals surface area contributed by atoms with Crippen LogP contribution in [0.3, 0.4) is 0 Å². The molecule has 4 N–H and O–H groups in total. The third-order valence-electron chi connectivity index (χ3n) is 9.53. The summed E-state index contributed by atoms with van der Waals surface area (Å²) in [5.41, 5.74) is 2.39. The Morgan fingerprint density at radius 2 is 0.625 bits per heavy atom. The first kappa shape index (κ1) is 28.3. The van der Waals surface area contributed by atoms with Gasteiger partial charge in [0.2, 0.25) is 0 Å². The predicted molar refractivity (Wildman–Crippen MR) is 182 cm³/mol. The monoisotopic (exact) mass is 630 g/mol. The molecule has 48 heavy (non-hydrogen) atoms. The summed E-state index contributed by atoms with van der Waals surface area (Å²) in [5.74, 6) is -2.05. The van der Waals surface area contributed by atoms with E-state index in [4.69, 9.17) is 0 Å². The number of imide groups is 2. The zero-order chi connectivity index (χ0) is 33.2. The van der Waals surface area contributed by atoms with Crippen LogP contribution < -0.4 is 20.7 Å². The molecule has 0 atom stereocenters. The van der Waals surface area contributed by atoms with Gasteiger partial charge >= 0.3 is 14.2 Å². The molecule has 9 rings (SSSR count). The number of fused-ring (bicyclic) bond motifs is 2. The molecule has 2 aliphatic heterocycles. The van der Waals surface area contributed by atoms with Crippen molar-refractivity contribution in [3.8, 4) is 0 Å². The number of nitrogens with zero attached hydrogens (tertiary/aromatic N) is 2. The normalized spacial score (nSPS) is 14.3. The largest absolute Gasteiger partial charge is 0.488 e. The summed E-state index contributed by atoms with van der Waals surface area (Å²) in [6.07, 6.45) is 0. The molecule has 2 heterocycles. The van der Waals surface area contributed by atoms with Gasteiger partial charge in [0.25, 0.3) is 23.6 Å². The maximum Gasteiger partial charge on any atom is 0.488 e. The maximum absolute atomic E-state index is 13.9. The van der Waals surface area contributed by atoms with E-state index in [-0.39, 0.29) is 10.9 Å². The van der Waals surface area contributed by atoms with Crippen molar-refractivity contribution in [2.45, 2.75) is 0 Å². The van der Waals surface area contributed by atoms with Crippen molar-refractivity contribution in [3.63, 3.8) is 0 Å². The standard InChI is InChI=1S/C36H20B2N2O8/c41-33-25-13-9-21-23-11-15-27-32-28(36(44)40(35(27)43)20-7-3-18(4-8-20)38(47)48)16-12-24(30(23)32)22-10-14-26(31(25)29(21)22)34(42)39(33)19-5-1-17(2-6-19)37(45)46/h1-16,45-48H. The van der Waals surface area contributed by atoms with Crippen LogP contribution in [0, 0.1) is 0 Å². The van der Waals surface area contributed by atoms with Crippen molar-refractivity contribution in [1.29, 1.82) is 0 Å². The Bertz CT molecular complexity index is 2300. The highest BCUT2D eigenvalue weighted by Gasteiger charge is 2.38.